The largest absolute Gasteiger partial charge is 0.309 e. The molecule has 3 amide bonds. The van der Waals surface area contributed by atoms with Gasteiger partial charge in [0.25, 0.3) is 11.8 Å². The fraction of sp³-hybridized carbons (Fsp3) is 0.0294. The molecule has 1 aliphatic heterocycles. The Bertz CT molecular complexity index is 1830. The van der Waals surface area contributed by atoms with Crippen molar-refractivity contribution >= 4 is 58.6 Å². The maximum absolute atomic E-state index is 13.1. The Labute approximate surface area is 263 Å². The number of halogens is 1. The van der Waals surface area contributed by atoms with Crippen molar-refractivity contribution in [2.24, 2.45) is 11.0 Å². The molecule has 0 bridgehead atoms. The van der Waals surface area contributed by atoms with Gasteiger partial charge in [-0.3, -0.25) is 19.3 Å². The van der Waals surface area contributed by atoms with Crippen LogP contribution < -0.4 is 15.6 Å². The van der Waals surface area contributed by atoms with E-state index >= 15 is 0 Å². The van der Waals surface area contributed by atoms with Crippen molar-refractivity contribution in [2.45, 2.75) is 0 Å². The third kappa shape index (κ3) is 5.78. The summed E-state index contributed by atoms with van der Waals surface area (Å²) in [6.45, 7) is 0. The lowest BCUT2D eigenvalue weighted by molar-refractivity contribution is -0.130. The number of hydrazone groups is 1. The van der Waals surface area contributed by atoms with E-state index in [1.54, 1.807) is 36.4 Å². The van der Waals surface area contributed by atoms with Gasteiger partial charge in [-0.25, -0.2) is 5.43 Å². The topological polar surface area (TPSA) is 95.8 Å². The van der Waals surface area contributed by atoms with E-state index in [4.69, 9.17) is 23.8 Å². The maximum atomic E-state index is 13.1. The van der Waals surface area contributed by atoms with E-state index in [0.717, 1.165) is 34.4 Å². The molecule has 1 aliphatic rings. The Morgan fingerprint density at radius 3 is 1.89 bits per heavy atom. The number of aromatic nitrogens is 1. The number of nitrogens with zero attached hydrogens (tertiary/aromatic N) is 3. The molecule has 216 valence electrons. The van der Waals surface area contributed by atoms with Crippen molar-refractivity contribution < 1.29 is 14.4 Å². The van der Waals surface area contributed by atoms with Crippen LogP contribution in [0.2, 0.25) is 5.02 Å². The van der Waals surface area contributed by atoms with Crippen LogP contribution in [0.15, 0.2) is 126 Å². The molecule has 44 heavy (non-hydrogen) atoms. The third-order valence-corrected chi connectivity index (χ3v) is 7.62. The molecule has 2 N–H and O–H groups in total. The molecular weight excluding hydrogens is 594 g/mol. The highest BCUT2D eigenvalue weighted by molar-refractivity contribution is 7.80. The fourth-order valence-corrected chi connectivity index (χ4v) is 5.36. The van der Waals surface area contributed by atoms with Gasteiger partial charge >= 0.3 is 0 Å². The van der Waals surface area contributed by atoms with E-state index in [1.807, 2.05) is 48.5 Å². The molecule has 4 aromatic carbocycles. The zero-order valence-corrected chi connectivity index (χ0v) is 24.6. The Hall–Kier alpha value is -5.38. The van der Waals surface area contributed by atoms with Crippen LogP contribution in [-0.4, -0.2) is 33.6 Å². The number of anilines is 1. The predicted molar refractivity (Wildman–Crippen MR) is 176 cm³/mol. The van der Waals surface area contributed by atoms with Gasteiger partial charge in [-0.2, -0.15) is 5.10 Å². The van der Waals surface area contributed by atoms with Crippen LogP contribution in [0.5, 0.6) is 0 Å². The van der Waals surface area contributed by atoms with Crippen LogP contribution >= 0.6 is 23.8 Å². The highest BCUT2D eigenvalue weighted by Gasteiger charge is 2.38. The molecule has 6 rings (SSSR count). The normalized spacial score (nSPS) is 15.0. The minimum Gasteiger partial charge on any atom is -0.309 e. The summed E-state index contributed by atoms with van der Waals surface area (Å²) < 4.78 is 2.15. The van der Waals surface area contributed by atoms with Crippen molar-refractivity contribution in [3.05, 3.63) is 132 Å². The summed E-state index contributed by atoms with van der Waals surface area (Å²) in [6.07, 6.45) is 1.09. The first-order valence-corrected chi connectivity index (χ1v) is 14.4. The Kier molecular flexibility index (Phi) is 8.14. The van der Waals surface area contributed by atoms with E-state index in [-0.39, 0.29) is 5.11 Å². The summed E-state index contributed by atoms with van der Waals surface area (Å²) in [5.74, 6) is -3.02. The van der Waals surface area contributed by atoms with Gasteiger partial charge in [-0.05, 0) is 84.0 Å². The van der Waals surface area contributed by atoms with Gasteiger partial charge in [0, 0.05) is 22.5 Å². The summed E-state index contributed by atoms with van der Waals surface area (Å²) in [7, 11) is 0. The average molecular weight is 618 g/mol. The van der Waals surface area contributed by atoms with Crippen LogP contribution in [0.25, 0.3) is 28.2 Å². The Morgan fingerprint density at radius 1 is 0.773 bits per heavy atom. The number of rotatable bonds is 7. The molecule has 1 atom stereocenters. The van der Waals surface area contributed by atoms with Crippen molar-refractivity contribution in [3.8, 4) is 28.2 Å². The molecule has 2 heterocycles. The predicted octanol–water partition coefficient (Wildman–Crippen LogP) is 6.24. The van der Waals surface area contributed by atoms with Crippen molar-refractivity contribution in [1.82, 2.24) is 15.3 Å². The molecule has 0 spiro atoms. The van der Waals surface area contributed by atoms with Gasteiger partial charge < -0.3 is 9.88 Å². The van der Waals surface area contributed by atoms with Gasteiger partial charge in [-0.1, -0.05) is 72.3 Å². The van der Waals surface area contributed by atoms with Crippen LogP contribution in [0, 0.1) is 5.92 Å². The highest BCUT2D eigenvalue weighted by Crippen LogP contribution is 2.32. The second-order valence-electron chi connectivity index (χ2n) is 9.86. The molecule has 0 unspecified atom stereocenters. The zero-order chi connectivity index (χ0) is 30.6. The van der Waals surface area contributed by atoms with Crippen LogP contribution in [-0.2, 0) is 9.59 Å². The van der Waals surface area contributed by atoms with Crippen LogP contribution in [0.3, 0.4) is 0 Å². The smallest absolute Gasteiger partial charge is 0.271 e. The molecule has 0 radical (unpaired) electrons. The minimum absolute atomic E-state index is 0.0513. The van der Waals surface area contributed by atoms with Gasteiger partial charge in [0.2, 0.25) is 5.91 Å². The highest BCUT2D eigenvalue weighted by atomic mass is 35.5. The lowest BCUT2D eigenvalue weighted by atomic mass is 10.1. The number of benzene rings is 4. The monoisotopic (exact) mass is 617 g/mol. The molecule has 1 fully saturated rings. The van der Waals surface area contributed by atoms with Crippen molar-refractivity contribution in [1.29, 1.82) is 0 Å². The maximum Gasteiger partial charge on any atom is 0.271 e. The van der Waals surface area contributed by atoms with Crippen LogP contribution in [0.4, 0.5) is 5.69 Å². The molecule has 0 aliphatic carbocycles. The van der Waals surface area contributed by atoms with Crippen LogP contribution in [0.1, 0.15) is 10.4 Å². The average Bonchev–Trinajstić information content (AvgIpc) is 3.49. The lowest BCUT2D eigenvalue weighted by Gasteiger charge is -2.30. The number of thiocarbonyl (C=S) groups is 1. The molecule has 5 aromatic rings. The fourth-order valence-electron chi connectivity index (χ4n) is 4.94. The first-order valence-electron chi connectivity index (χ1n) is 13.6. The van der Waals surface area contributed by atoms with Crippen molar-refractivity contribution in [2.75, 3.05) is 4.90 Å². The summed E-state index contributed by atoms with van der Waals surface area (Å²) in [5.41, 5.74) is 8.21. The minimum atomic E-state index is -1.29. The standard InChI is InChI=1S/C34H24ClN5O3S/c35-25-13-17-27(18-14-25)40-33(43)28(32(42)37-34(40)44)21-36-38-31(41)24-11-15-26(16-12-24)39-29(22-7-3-1-4-8-22)19-20-30(39)23-9-5-2-6-10-23/h1-21,28H,(H,38,41)(H,37,42,44)/b36-21-/t28-/m1/s1. The first kappa shape index (κ1) is 28.7. The molecule has 1 saturated heterocycles. The number of hydrogen-bond donors (Lipinski definition) is 2. The van der Waals surface area contributed by atoms with E-state index in [2.05, 4.69) is 56.8 Å². The first-order chi connectivity index (χ1) is 21.4. The summed E-state index contributed by atoms with van der Waals surface area (Å²) in [6, 6.07) is 37.9. The second-order valence-corrected chi connectivity index (χ2v) is 10.7. The van der Waals surface area contributed by atoms with Gasteiger partial charge in [0.1, 0.15) is 0 Å². The zero-order valence-electron chi connectivity index (χ0n) is 23.1. The quantitative estimate of drug-likeness (QED) is 0.0977. The Morgan fingerprint density at radius 2 is 1.32 bits per heavy atom. The van der Waals surface area contributed by atoms with E-state index in [9.17, 15) is 14.4 Å². The number of amides is 3. The Balaban J connectivity index is 1.21. The summed E-state index contributed by atoms with van der Waals surface area (Å²) in [4.78, 5) is 39.8. The number of hydrogen-bond acceptors (Lipinski definition) is 5. The third-order valence-electron chi connectivity index (χ3n) is 7.08. The van der Waals surface area contributed by atoms with Crippen molar-refractivity contribution in [3.63, 3.8) is 0 Å². The second kappa shape index (κ2) is 12.5. The van der Waals surface area contributed by atoms with E-state index < -0.39 is 23.6 Å². The lowest BCUT2D eigenvalue weighted by Crippen LogP contribution is -2.58. The number of nitrogens with one attached hydrogen (secondary N) is 2. The number of carbonyl (C=O) groups is 3. The molecular formula is C34H24ClN5O3S. The van der Waals surface area contributed by atoms with E-state index in [1.165, 1.54) is 4.90 Å². The van der Waals surface area contributed by atoms with E-state index in [0.29, 0.717) is 16.3 Å². The summed E-state index contributed by atoms with van der Waals surface area (Å²) in [5, 5.41) is 6.86. The van der Waals surface area contributed by atoms with Gasteiger partial charge in [0.05, 0.1) is 17.1 Å². The van der Waals surface area contributed by atoms with Gasteiger partial charge in [0.15, 0.2) is 11.0 Å². The molecule has 8 nitrogen and oxygen atoms in total. The molecule has 10 heteroatoms. The SMILES string of the molecule is O=C(N/N=C\[C@@H]1C(=O)NC(=S)N(c2ccc(Cl)cc2)C1=O)c1ccc(-n2c(-c3ccccc3)ccc2-c2ccccc2)cc1. The summed E-state index contributed by atoms with van der Waals surface area (Å²) >= 11 is 11.2. The number of carbonyl (C=O) groups excluding carboxylic acids is 3. The molecule has 1 aromatic heterocycles. The molecule has 0 saturated carbocycles. The van der Waals surface area contributed by atoms with Gasteiger partial charge in [-0.15, -0.1) is 0 Å².